The van der Waals surface area contributed by atoms with Crippen LogP contribution in [0.1, 0.15) is 40.5 Å². The van der Waals surface area contributed by atoms with E-state index in [-0.39, 0.29) is 0 Å². The monoisotopic (exact) mass is 302 g/mol. The van der Waals surface area contributed by atoms with Crippen molar-refractivity contribution in [1.82, 2.24) is 0 Å². The number of rotatable bonds is 9. The summed E-state index contributed by atoms with van der Waals surface area (Å²) in [6, 6.07) is 0. The molecule has 0 amide bonds. The van der Waals surface area contributed by atoms with Gasteiger partial charge in [0.25, 0.3) is 20.2 Å². The van der Waals surface area contributed by atoms with E-state index in [0.717, 1.165) is 0 Å². The van der Waals surface area contributed by atoms with Crippen LogP contribution in [0.5, 0.6) is 0 Å². The molecule has 0 aliphatic carbocycles. The summed E-state index contributed by atoms with van der Waals surface area (Å²) in [6.45, 7) is 6.79. The van der Waals surface area contributed by atoms with E-state index in [1.807, 2.05) is 0 Å². The Balaban J connectivity index is 4.39. The van der Waals surface area contributed by atoms with Gasteiger partial charge in [-0.25, -0.2) is 0 Å². The van der Waals surface area contributed by atoms with Crippen LogP contribution in [-0.2, 0) is 28.6 Å². The van der Waals surface area contributed by atoms with Gasteiger partial charge in [-0.15, -0.1) is 0 Å². The molecule has 0 aromatic carbocycles. The van der Waals surface area contributed by atoms with Gasteiger partial charge in [-0.2, -0.15) is 16.8 Å². The quantitative estimate of drug-likeness (QED) is 0.596. The predicted octanol–water partition coefficient (Wildman–Crippen LogP) is 1.28. The van der Waals surface area contributed by atoms with Crippen molar-refractivity contribution in [2.75, 3.05) is 11.5 Å². The van der Waals surface area contributed by atoms with Gasteiger partial charge in [-0.3, -0.25) is 8.37 Å². The molecule has 0 saturated heterocycles. The molecule has 0 fully saturated rings. The Hall–Kier alpha value is -0.180. The minimum Gasteiger partial charge on any atom is -0.267 e. The molecule has 0 aromatic heterocycles. The molecule has 0 saturated carbocycles. The molecule has 8 heteroatoms. The van der Waals surface area contributed by atoms with Crippen LogP contribution in [-0.4, -0.2) is 40.5 Å². The Morgan fingerprint density at radius 3 is 1.28 bits per heavy atom. The van der Waals surface area contributed by atoms with Crippen LogP contribution in [0.3, 0.4) is 0 Å². The molecule has 0 N–H and O–H groups in total. The van der Waals surface area contributed by atoms with Gasteiger partial charge in [0, 0.05) is 0 Å². The van der Waals surface area contributed by atoms with Crippen molar-refractivity contribution in [2.45, 2.75) is 52.7 Å². The van der Waals surface area contributed by atoms with E-state index >= 15 is 0 Å². The average Bonchev–Trinajstić information content (AvgIpc) is 2.25. The first-order valence-corrected chi connectivity index (χ1v) is 9.09. The lowest BCUT2D eigenvalue weighted by Gasteiger charge is -2.12. The van der Waals surface area contributed by atoms with Crippen LogP contribution < -0.4 is 0 Å². The molecule has 0 heterocycles. The van der Waals surface area contributed by atoms with E-state index in [4.69, 9.17) is 8.37 Å². The van der Waals surface area contributed by atoms with Crippen LogP contribution in [0.2, 0.25) is 0 Å². The van der Waals surface area contributed by atoms with Gasteiger partial charge in [0.1, 0.15) is 0 Å². The highest BCUT2D eigenvalue weighted by atomic mass is 32.2. The summed E-state index contributed by atoms with van der Waals surface area (Å²) in [5, 5.41) is 0. The van der Waals surface area contributed by atoms with Crippen molar-refractivity contribution in [3.05, 3.63) is 0 Å². The van der Waals surface area contributed by atoms with Crippen LogP contribution in [0.15, 0.2) is 0 Å². The van der Waals surface area contributed by atoms with Gasteiger partial charge in [0.15, 0.2) is 0 Å². The maximum absolute atomic E-state index is 11.5. The standard InChI is InChI=1S/C10H22O6S2/c1-5-9(3)15-17(11,12)7-8-18(13,14)16-10(4)6-2/h9-10H,5-8H2,1-4H3. The molecule has 6 nitrogen and oxygen atoms in total. The Morgan fingerprint density at radius 2 is 1.06 bits per heavy atom. The maximum atomic E-state index is 11.5. The van der Waals surface area contributed by atoms with Gasteiger partial charge >= 0.3 is 0 Å². The van der Waals surface area contributed by atoms with Gasteiger partial charge < -0.3 is 0 Å². The zero-order valence-electron chi connectivity index (χ0n) is 11.2. The molecule has 0 bridgehead atoms. The SMILES string of the molecule is CCC(C)OS(=O)(=O)CCS(=O)(=O)OC(C)CC. The lowest BCUT2D eigenvalue weighted by atomic mass is 10.3. The fourth-order valence-electron chi connectivity index (χ4n) is 0.937. The van der Waals surface area contributed by atoms with Gasteiger partial charge in [-0.1, -0.05) is 13.8 Å². The van der Waals surface area contributed by atoms with Crippen LogP contribution in [0, 0.1) is 0 Å². The van der Waals surface area contributed by atoms with E-state index in [0.29, 0.717) is 12.8 Å². The normalized spacial score (nSPS) is 16.4. The van der Waals surface area contributed by atoms with E-state index in [2.05, 4.69) is 0 Å². The van der Waals surface area contributed by atoms with Gasteiger partial charge in [0.05, 0.1) is 23.7 Å². The molecule has 0 aliphatic heterocycles. The molecule has 0 aromatic rings. The van der Waals surface area contributed by atoms with Crippen molar-refractivity contribution in [3.8, 4) is 0 Å². The summed E-state index contributed by atoms with van der Waals surface area (Å²) in [4.78, 5) is 0. The van der Waals surface area contributed by atoms with Crippen molar-refractivity contribution in [1.29, 1.82) is 0 Å². The third-order valence-electron chi connectivity index (χ3n) is 2.35. The third kappa shape index (κ3) is 8.02. The minimum absolute atomic E-state index is 0.451. The first kappa shape index (κ1) is 17.8. The smallest absolute Gasteiger partial charge is 0.267 e. The highest BCUT2D eigenvalue weighted by Crippen LogP contribution is 2.08. The highest BCUT2D eigenvalue weighted by molar-refractivity contribution is 7.90. The minimum atomic E-state index is -3.83. The average molecular weight is 302 g/mol. The second-order valence-corrected chi connectivity index (χ2v) is 7.59. The molecule has 2 atom stereocenters. The fraction of sp³-hybridized carbons (Fsp3) is 1.00. The van der Waals surface area contributed by atoms with Gasteiger partial charge in [-0.05, 0) is 26.7 Å². The molecule has 0 rings (SSSR count). The van der Waals surface area contributed by atoms with Crippen LogP contribution >= 0.6 is 0 Å². The molecular weight excluding hydrogens is 280 g/mol. The van der Waals surface area contributed by atoms with Crippen molar-refractivity contribution < 1.29 is 25.2 Å². The number of hydrogen-bond acceptors (Lipinski definition) is 6. The molecule has 0 spiro atoms. The topological polar surface area (TPSA) is 86.7 Å². The van der Waals surface area contributed by atoms with E-state index < -0.39 is 43.9 Å². The summed E-state index contributed by atoms with van der Waals surface area (Å²) in [5.74, 6) is -1.17. The molecular formula is C10H22O6S2. The molecule has 2 unspecified atom stereocenters. The van der Waals surface area contributed by atoms with E-state index in [1.54, 1.807) is 27.7 Å². The summed E-state index contributed by atoms with van der Waals surface area (Å²) >= 11 is 0. The predicted molar refractivity (Wildman–Crippen MR) is 69.2 cm³/mol. The second-order valence-electron chi connectivity index (χ2n) is 4.15. The molecule has 0 radical (unpaired) electrons. The maximum Gasteiger partial charge on any atom is 0.268 e. The van der Waals surface area contributed by atoms with Crippen molar-refractivity contribution in [2.24, 2.45) is 0 Å². The Labute approximate surface area is 110 Å². The van der Waals surface area contributed by atoms with Crippen LogP contribution in [0.25, 0.3) is 0 Å². The Kier molecular flexibility index (Phi) is 7.34. The summed E-state index contributed by atoms with van der Waals surface area (Å²) in [5.41, 5.74) is 0. The lowest BCUT2D eigenvalue weighted by molar-refractivity contribution is 0.220. The van der Waals surface area contributed by atoms with Crippen molar-refractivity contribution >= 4 is 20.2 Å². The Bertz CT molecular complexity index is 383. The largest absolute Gasteiger partial charge is 0.268 e. The zero-order chi connectivity index (χ0) is 14.4. The summed E-state index contributed by atoms with van der Waals surface area (Å²) in [6.07, 6.45) is 0.173. The molecule has 18 heavy (non-hydrogen) atoms. The highest BCUT2D eigenvalue weighted by Gasteiger charge is 2.22. The van der Waals surface area contributed by atoms with Crippen LogP contribution in [0.4, 0.5) is 0 Å². The number of hydrogen-bond donors (Lipinski definition) is 0. The third-order valence-corrected chi connectivity index (χ3v) is 5.27. The summed E-state index contributed by atoms with van der Waals surface area (Å²) < 4.78 is 55.4. The molecule has 0 aliphatic rings. The second kappa shape index (κ2) is 7.42. The molecule has 110 valence electrons. The van der Waals surface area contributed by atoms with Crippen molar-refractivity contribution in [3.63, 3.8) is 0 Å². The lowest BCUT2D eigenvalue weighted by Crippen LogP contribution is -2.25. The zero-order valence-corrected chi connectivity index (χ0v) is 12.9. The van der Waals surface area contributed by atoms with Gasteiger partial charge in [0.2, 0.25) is 0 Å². The first-order chi connectivity index (χ1) is 8.12. The van der Waals surface area contributed by atoms with E-state index in [1.165, 1.54) is 0 Å². The fourth-order valence-corrected chi connectivity index (χ4v) is 4.04. The summed E-state index contributed by atoms with van der Waals surface area (Å²) in [7, 11) is -7.66. The first-order valence-electron chi connectivity index (χ1n) is 5.93. The van der Waals surface area contributed by atoms with E-state index in [9.17, 15) is 16.8 Å². The Morgan fingerprint density at radius 1 is 0.778 bits per heavy atom.